The van der Waals surface area contributed by atoms with E-state index < -0.39 is 0 Å². The number of nitrogens with one attached hydrogen (secondary N) is 1. The van der Waals surface area contributed by atoms with Crippen molar-refractivity contribution in [2.75, 3.05) is 23.3 Å². The number of anilines is 2. The monoisotopic (exact) mass is 220 g/mol. The molecule has 0 saturated heterocycles. The molecule has 1 amide bonds. The first-order chi connectivity index (χ1) is 7.46. The van der Waals surface area contributed by atoms with E-state index in [9.17, 15) is 4.79 Å². The number of hydrogen-bond donors (Lipinski definition) is 2. The normalized spacial score (nSPS) is 15.7. The van der Waals surface area contributed by atoms with Gasteiger partial charge in [0, 0.05) is 18.3 Å². The highest BCUT2D eigenvalue weighted by atomic mass is 16.2. The van der Waals surface area contributed by atoms with Crippen molar-refractivity contribution in [1.82, 2.24) is 4.98 Å². The Morgan fingerprint density at radius 3 is 3.06 bits per heavy atom. The van der Waals surface area contributed by atoms with Crippen LogP contribution in [-0.2, 0) is 4.79 Å². The summed E-state index contributed by atoms with van der Waals surface area (Å²) in [6, 6.07) is 1.89. The molecule has 5 nitrogen and oxygen atoms in total. The summed E-state index contributed by atoms with van der Waals surface area (Å²) in [6.45, 7) is 4.87. The van der Waals surface area contributed by atoms with Crippen molar-refractivity contribution in [2.24, 2.45) is 5.73 Å². The number of pyridine rings is 1. The van der Waals surface area contributed by atoms with E-state index in [0.717, 1.165) is 11.4 Å². The average molecular weight is 220 g/mol. The van der Waals surface area contributed by atoms with Gasteiger partial charge in [0.1, 0.15) is 0 Å². The predicted octanol–water partition coefficient (Wildman–Crippen LogP) is 0.577. The molecule has 0 spiro atoms. The van der Waals surface area contributed by atoms with Crippen LogP contribution in [0.15, 0.2) is 18.5 Å². The highest BCUT2D eigenvalue weighted by molar-refractivity contribution is 6.00. The summed E-state index contributed by atoms with van der Waals surface area (Å²) in [5.74, 6) is -0.0234. The Kier molecular flexibility index (Phi) is 2.55. The van der Waals surface area contributed by atoms with Gasteiger partial charge in [-0.3, -0.25) is 9.78 Å². The number of amides is 1. The van der Waals surface area contributed by atoms with Crippen LogP contribution in [0.4, 0.5) is 11.4 Å². The Labute approximate surface area is 94.6 Å². The van der Waals surface area contributed by atoms with E-state index in [0.29, 0.717) is 13.1 Å². The van der Waals surface area contributed by atoms with Gasteiger partial charge in [-0.05, 0) is 19.9 Å². The van der Waals surface area contributed by atoms with Gasteiger partial charge in [0.25, 0.3) is 0 Å². The van der Waals surface area contributed by atoms with Crippen LogP contribution in [0, 0.1) is 0 Å². The van der Waals surface area contributed by atoms with Gasteiger partial charge in [-0.2, -0.15) is 0 Å². The van der Waals surface area contributed by atoms with E-state index in [1.807, 2.05) is 24.8 Å². The van der Waals surface area contributed by atoms with Gasteiger partial charge >= 0.3 is 0 Å². The highest BCUT2D eigenvalue weighted by Gasteiger charge is 2.25. The van der Waals surface area contributed by atoms with E-state index in [-0.39, 0.29) is 11.4 Å². The fraction of sp³-hybridized carbons (Fsp3) is 0.455. The lowest BCUT2D eigenvalue weighted by atomic mass is 10.1. The molecule has 1 aromatic heterocycles. The number of nitrogens with two attached hydrogens (primary N) is 1. The third kappa shape index (κ3) is 2.30. The second-order valence-electron chi connectivity index (χ2n) is 4.79. The van der Waals surface area contributed by atoms with Crippen molar-refractivity contribution in [1.29, 1.82) is 0 Å². The van der Waals surface area contributed by atoms with E-state index in [1.54, 1.807) is 12.4 Å². The Morgan fingerprint density at radius 2 is 2.38 bits per heavy atom. The molecule has 86 valence electrons. The van der Waals surface area contributed by atoms with Crippen molar-refractivity contribution < 1.29 is 4.79 Å². The summed E-state index contributed by atoms with van der Waals surface area (Å²) in [4.78, 5) is 17.5. The molecule has 0 aromatic carbocycles. The van der Waals surface area contributed by atoms with Crippen molar-refractivity contribution in [2.45, 2.75) is 19.4 Å². The highest BCUT2D eigenvalue weighted by Crippen LogP contribution is 2.28. The molecular weight excluding hydrogens is 204 g/mol. The first-order valence-corrected chi connectivity index (χ1v) is 5.23. The molecule has 0 aliphatic carbocycles. The molecular formula is C11H16N4O. The molecule has 0 saturated carbocycles. The maximum atomic E-state index is 11.5. The minimum atomic E-state index is -0.335. The largest absolute Gasteiger partial charge is 0.359 e. The van der Waals surface area contributed by atoms with Crippen LogP contribution in [0.1, 0.15) is 13.8 Å². The van der Waals surface area contributed by atoms with E-state index >= 15 is 0 Å². The fourth-order valence-corrected chi connectivity index (χ4v) is 1.84. The number of carbonyl (C=O) groups is 1. The number of rotatable bonds is 2. The number of hydrogen-bond acceptors (Lipinski definition) is 4. The number of aromatic nitrogens is 1. The second kappa shape index (κ2) is 3.75. The minimum Gasteiger partial charge on any atom is -0.359 e. The zero-order valence-electron chi connectivity index (χ0n) is 9.53. The van der Waals surface area contributed by atoms with Crippen LogP contribution in [0.3, 0.4) is 0 Å². The minimum absolute atomic E-state index is 0.0234. The molecule has 1 aliphatic heterocycles. The number of carbonyl (C=O) groups excluding carboxylic acids is 1. The van der Waals surface area contributed by atoms with Crippen molar-refractivity contribution in [3.8, 4) is 0 Å². The Morgan fingerprint density at radius 1 is 1.62 bits per heavy atom. The van der Waals surface area contributed by atoms with E-state index in [4.69, 9.17) is 5.73 Å². The lowest BCUT2D eigenvalue weighted by Crippen LogP contribution is -2.49. The van der Waals surface area contributed by atoms with Crippen molar-refractivity contribution in [3.05, 3.63) is 18.5 Å². The Balaban J connectivity index is 2.30. The van der Waals surface area contributed by atoms with Crippen LogP contribution in [-0.4, -0.2) is 29.5 Å². The third-order valence-corrected chi connectivity index (χ3v) is 2.35. The van der Waals surface area contributed by atoms with Gasteiger partial charge in [0.05, 0.1) is 24.1 Å². The number of nitrogens with zero attached hydrogens (tertiary/aromatic N) is 2. The molecule has 0 radical (unpaired) electrons. The van der Waals surface area contributed by atoms with Crippen molar-refractivity contribution >= 4 is 17.3 Å². The molecule has 2 rings (SSSR count). The maximum Gasteiger partial charge on any atom is 0.243 e. The van der Waals surface area contributed by atoms with Crippen molar-refractivity contribution in [3.63, 3.8) is 0 Å². The third-order valence-electron chi connectivity index (χ3n) is 2.35. The summed E-state index contributed by atoms with van der Waals surface area (Å²) in [5.41, 5.74) is 7.38. The average Bonchev–Trinajstić information content (AvgIpc) is 2.14. The summed E-state index contributed by atoms with van der Waals surface area (Å²) in [5, 5.41) is 2.79. The van der Waals surface area contributed by atoms with Gasteiger partial charge in [-0.1, -0.05) is 0 Å². The summed E-state index contributed by atoms with van der Waals surface area (Å²) >= 11 is 0. The van der Waals surface area contributed by atoms with E-state index in [1.165, 1.54) is 0 Å². The predicted molar refractivity (Wildman–Crippen MR) is 63.3 cm³/mol. The maximum absolute atomic E-state index is 11.5. The van der Waals surface area contributed by atoms with Crippen LogP contribution in [0.2, 0.25) is 0 Å². The lowest BCUT2D eigenvalue weighted by Gasteiger charge is -2.35. The molecule has 16 heavy (non-hydrogen) atoms. The SMILES string of the molecule is CC(C)(N)CN1CC(=O)Nc2cnccc21. The topological polar surface area (TPSA) is 71.2 Å². The molecule has 0 unspecified atom stereocenters. The molecule has 2 heterocycles. The molecule has 1 aromatic rings. The standard InChI is InChI=1S/C11H16N4O/c1-11(2,12)7-15-6-10(16)14-8-5-13-4-3-9(8)15/h3-5H,6-7,12H2,1-2H3,(H,14,16). The molecule has 3 N–H and O–H groups in total. The van der Waals surface area contributed by atoms with Crippen LogP contribution < -0.4 is 16.0 Å². The second-order valence-corrected chi connectivity index (χ2v) is 4.79. The molecule has 0 bridgehead atoms. The van der Waals surface area contributed by atoms with Gasteiger partial charge in [0.2, 0.25) is 5.91 Å². The summed E-state index contributed by atoms with van der Waals surface area (Å²) < 4.78 is 0. The summed E-state index contributed by atoms with van der Waals surface area (Å²) in [7, 11) is 0. The quantitative estimate of drug-likeness (QED) is 0.764. The summed E-state index contributed by atoms with van der Waals surface area (Å²) in [6.07, 6.45) is 3.37. The number of fused-ring (bicyclic) bond motifs is 1. The Hall–Kier alpha value is -1.62. The van der Waals surface area contributed by atoms with Gasteiger partial charge in [-0.15, -0.1) is 0 Å². The van der Waals surface area contributed by atoms with Crippen LogP contribution in [0.5, 0.6) is 0 Å². The molecule has 1 aliphatic rings. The Bertz CT molecular complexity index is 411. The van der Waals surface area contributed by atoms with Crippen LogP contribution in [0.25, 0.3) is 0 Å². The first kappa shape index (κ1) is 10.9. The molecule has 5 heteroatoms. The fourth-order valence-electron chi connectivity index (χ4n) is 1.84. The lowest BCUT2D eigenvalue weighted by molar-refractivity contribution is -0.115. The van der Waals surface area contributed by atoms with Gasteiger partial charge < -0.3 is 16.0 Å². The smallest absolute Gasteiger partial charge is 0.243 e. The van der Waals surface area contributed by atoms with Crippen LogP contribution >= 0.6 is 0 Å². The first-order valence-electron chi connectivity index (χ1n) is 5.23. The van der Waals surface area contributed by atoms with E-state index in [2.05, 4.69) is 10.3 Å². The molecule has 0 fully saturated rings. The zero-order valence-corrected chi connectivity index (χ0v) is 9.53. The molecule has 0 atom stereocenters. The zero-order chi connectivity index (χ0) is 11.8. The van der Waals surface area contributed by atoms with Gasteiger partial charge in [-0.25, -0.2) is 0 Å². The van der Waals surface area contributed by atoms with Gasteiger partial charge in [0.15, 0.2) is 0 Å².